The molecule has 2 rings (SSSR count). The van der Waals surface area contributed by atoms with Crippen LogP contribution in [0.15, 0.2) is 24.3 Å². The van der Waals surface area contributed by atoms with E-state index in [0.717, 1.165) is 0 Å². The van der Waals surface area contributed by atoms with Crippen molar-refractivity contribution in [3.8, 4) is 22.3 Å². The van der Waals surface area contributed by atoms with Crippen LogP contribution in [0, 0.1) is 22.7 Å². The van der Waals surface area contributed by atoms with Gasteiger partial charge in [-0.3, -0.25) is 0 Å². The minimum absolute atomic E-state index is 0.580. The van der Waals surface area contributed by atoms with Gasteiger partial charge in [-0.15, -0.1) is 0 Å². The molecule has 0 aliphatic heterocycles. The first-order valence-electron chi connectivity index (χ1n) is 4.46. The van der Waals surface area contributed by atoms with Crippen molar-refractivity contribution in [2.45, 2.75) is 0 Å². The van der Waals surface area contributed by atoms with Gasteiger partial charge < -0.3 is 9.31 Å². The number of nitrogens with zero attached hydrogens (tertiary/aromatic N) is 2. The maximum atomic E-state index is 8.62. The van der Waals surface area contributed by atoms with E-state index in [1.165, 1.54) is 30.4 Å². The standard InChI is InChI=1S/C10H4BN2O2S2/c12-5-7-1-3-9(16-7)14-11-15-10-4-2-8(6-13)17-10/h1-4H. The molecule has 0 aliphatic carbocycles. The smallest absolute Gasteiger partial charge is 0.519 e. The van der Waals surface area contributed by atoms with Gasteiger partial charge >= 0.3 is 7.69 Å². The third-order valence-corrected chi connectivity index (χ3v) is 3.47. The highest BCUT2D eigenvalue weighted by molar-refractivity contribution is 7.15. The molecule has 2 heterocycles. The highest BCUT2D eigenvalue weighted by atomic mass is 32.1. The van der Waals surface area contributed by atoms with Crippen LogP contribution in [0.1, 0.15) is 9.75 Å². The van der Waals surface area contributed by atoms with E-state index in [2.05, 4.69) is 0 Å². The van der Waals surface area contributed by atoms with Gasteiger partial charge in [-0.2, -0.15) is 10.5 Å². The van der Waals surface area contributed by atoms with Crippen LogP contribution in [0.4, 0.5) is 0 Å². The molecule has 0 bridgehead atoms. The van der Waals surface area contributed by atoms with Crippen LogP contribution in [-0.2, 0) is 0 Å². The molecule has 81 valence electrons. The van der Waals surface area contributed by atoms with Crippen LogP contribution < -0.4 is 9.31 Å². The summed E-state index contributed by atoms with van der Waals surface area (Å²) in [6.07, 6.45) is 0. The van der Waals surface area contributed by atoms with E-state index >= 15 is 0 Å². The highest BCUT2D eigenvalue weighted by Gasteiger charge is 2.06. The third kappa shape index (κ3) is 3.00. The fourth-order valence-electron chi connectivity index (χ4n) is 1.01. The molecule has 0 atom stereocenters. The molecule has 7 heteroatoms. The molecule has 0 N–H and O–H groups in total. The summed E-state index contributed by atoms with van der Waals surface area (Å²) in [5.41, 5.74) is 0. The molecule has 0 saturated carbocycles. The Labute approximate surface area is 107 Å². The molecule has 0 aliphatic rings. The lowest BCUT2D eigenvalue weighted by Gasteiger charge is -2.00. The van der Waals surface area contributed by atoms with Gasteiger partial charge in [0.1, 0.15) is 21.9 Å². The summed E-state index contributed by atoms with van der Waals surface area (Å²) in [4.78, 5) is 1.16. The van der Waals surface area contributed by atoms with E-state index in [9.17, 15) is 0 Å². The molecule has 1 radical (unpaired) electrons. The van der Waals surface area contributed by atoms with Gasteiger partial charge in [0.2, 0.25) is 0 Å². The van der Waals surface area contributed by atoms with Crippen LogP contribution in [0.3, 0.4) is 0 Å². The summed E-state index contributed by atoms with van der Waals surface area (Å²) < 4.78 is 10.4. The molecule has 0 saturated heterocycles. The Morgan fingerprint density at radius 3 is 1.71 bits per heavy atom. The largest absolute Gasteiger partial charge is 0.659 e. The zero-order valence-electron chi connectivity index (χ0n) is 8.41. The molecular formula is C10H4BN2O2S2. The predicted octanol–water partition coefficient (Wildman–Crippen LogP) is 2.54. The van der Waals surface area contributed by atoms with Gasteiger partial charge in [-0.25, -0.2) is 0 Å². The first-order valence-corrected chi connectivity index (χ1v) is 6.10. The van der Waals surface area contributed by atoms with Crippen molar-refractivity contribution < 1.29 is 9.31 Å². The Bertz CT molecular complexity index is 542. The number of hydrogen-bond acceptors (Lipinski definition) is 6. The maximum Gasteiger partial charge on any atom is 0.659 e. The summed E-state index contributed by atoms with van der Waals surface area (Å²) in [5, 5.41) is 18.4. The average molecular weight is 259 g/mol. The monoisotopic (exact) mass is 259 g/mol. The van der Waals surface area contributed by atoms with Gasteiger partial charge in [-0.05, 0) is 24.3 Å². The van der Waals surface area contributed by atoms with Crippen LogP contribution in [0.25, 0.3) is 0 Å². The number of rotatable bonds is 4. The van der Waals surface area contributed by atoms with Crippen molar-refractivity contribution >= 4 is 30.4 Å². The number of hydrogen-bond donors (Lipinski definition) is 0. The molecule has 4 nitrogen and oxygen atoms in total. The minimum atomic E-state index is 0.580. The van der Waals surface area contributed by atoms with E-state index in [-0.39, 0.29) is 0 Å². The Kier molecular flexibility index (Phi) is 3.66. The van der Waals surface area contributed by atoms with Crippen LogP contribution >= 0.6 is 22.7 Å². The maximum absolute atomic E-state index is 8.62. The number of nitriles is 2. The number of thiophene rings is 2. The molecule has 0 fully saturated rings. The molecule has 0 unspecified atom stereocenters. The van der Waals surface area contributed by atoms with E-state index in [4.69, 9.17) is 19.8 Å². The summed E-state index contributed by atoms with van der Waals surface area (Å²) >= 11 is 2.47. The highest BCUT2D eigenvalue weighted by Crippen LogP contribution is 2.25. The van der Waals surface area contributed by atoms with Crippen LogP contribution in [0.5, 0.6) is 10.1 Å². The second kappa shape index (κ2) is 5.40. The fraction of sp³-hybridized carbons (Fsp3) is 0. The third-order valence-electron chi connectivity index (χ3n) is 1.71. The van der Waals surface area contributed by atoms with Gasteiger partial charge in [-0.1, -0.05) is 22.7 Å². The first-order chi connectivity index (χ1) is 8.31. The Morgan fingerprint density at radius 2 is 1.35 bits per heavy atom. The topological polar surface area (TPSA) is 66.0 Å². The Morgan fingerprint density at radius 1 is 0.882 bits per heavy atom. The molecule has 0 amide bonds. The summed E-state index contributed by atoms with van der Waals surface area (Å²) in [6, 6.07) is 10.8. The van der Waals surface area contributed by atoms with Crippen molar-refractivity contribution in [1.82, 2.24) is 0 Å². The zero-order valence-corrected chi connectivity index (χ0v) is 10.0. The Hall–Kier alpha value is -1.96. The van der Waals surface area contributed by atoms with Gasteiger partial charge in [0, 0.05) is 0 Å². The molecule has 0 aromatic carbocycles. The second-order valence-electron chi connectivity index (χ2n) is 2.79. The van der Waals surface area contributed by atoms with E-state index < -0.39 is 0 Å². The van der Waals surface area contributed by atoms with Crippen molar-refractivity contribution in [2.75, 3.05) is 0 Å². The van der Waals surface area contributed by atoms with Gasteiger partial charge in [0.25, 0.3) is 0 Å². The van der Waals surface area contributed by atoms with Crippen LogP contribution in [-0.4, -0.2) is 7.69 Å². The van der Waals surface area contributed by atoms with E-state index in [1.807, 2.05) is 12.1 Å². The molecule has 2 aromatic rings. The quantitative estimate of drug-likeness (QED) is 0.791. The van der Waals surface area contributed by atoms with E-state index in [0.29, 0.717) is 19.9 Å². The molecular weight excluding hydrogens is 255 g/mol. The molecule has 0 spiro atoms. The second-order valence-corrected chi connectivity index (χ2v) is 4.89. The molecule has 17 heavy (non-hydrogen) atoms. The van der Waals surface area contributed by atoms with Crippen molar-refractivity contribution in [3.05, 3.63) is 34.0 Å². The fourth-order valence-corrected chi connectivity index (χ4v) is 2.25. The lowest BCUT2D eigenvalue weighted by Crippen LogP contribution is -2.08. The van der Waals surface area contributed by atoms with Crippen molar-refractivity contribution in [2.24, 2.45) is 0 Å². The van der Waals surface area contributed by atoms with E-state index in [1.54, 1.807) is 24.3 Å². The zero-order chi connectivity index (χ0) is 12.1. The lowest BCUT2D eigenvalue weighted by molar-refractivity contribution is 0.473. The summed E-state index contributed by atoms with van der Waals surface area (Å²) in [7, 11) is 1.18. The van der Waals surface area contributed by atoms with Gasteiger partial charge in [0.15, 0.2) is 10.1 Å². The summed E-state index contributed by atoms with van der Waals surface area (Å²) in [6.45, 7) is 0. The molecule has 2 aromatic heterocycles. The van der Waals surface area contributed by atoms with Crippen LogP contribution in [0.2, 0.25) is 0 Å². The SMILES string of the molecule is N#Cc1ccc(O[B]Oc2ccc(C#N)s2)s1. The van der Waals surface area contributed by atoms with Crippen molar-refractivity contribution in [1.29, 1.82) is 10.5 Å². The van der Waals surface area contributed by atoms with Crippen molar-refractivity contribution in [3.63, 3.8) is 0 Å². The first kappa shape index (κ1) is 11.5. The van der Waals surface area contributed by atoms with Gasteiger partial charge in [0.05, 0.1) is 0 Å². The predicted molar refractivity (Wildman–Crippen MR) is 65.1 cm³/mol. The minimum Gasteiger partial charge on any atom is -0.519 e. The average Bonchev–Trinajstić information content (AvgIpc) is 2.97. The Balaban J connectivity index is 1.84. The normalized spacial score (nSPS) is 9.06. The summed E-state index contributed by atoms with van der Waals surface area (Å²) in [5.74, 6) is 0. The lowest BCUT2D eigenvalue weighted by atomic mass is 10.4.